The van der Waals surface area contributed by atoms with Gasteiger partial charge in [0.1, 0.15) is 0 Å². The van der Waals surface area contributed by atoms with E-state index < -0.39 is 23.8 Å². The average Bonchev–Trinajstić information content (AvgIpc) is 2.79. The van der Waals surface area contributed by atoms with Gasteiger partial charge in [0.2, 0.25) is 11.8 Å². The molecular weight excluding hydrogens is 276 g/mol. The Morgan fingerprint density at radius 3 is 2.24 bits per heavy atom. The first-order valence-electron chi connectivity index (χ1n) is 6.47. The van der Waals surface area contributed by atoms with Crippen molar-refractivity contribution >= 4 is 29.5 Å². The molecule has 0 atom stereocenters. The van der Waals surface area contributed by atoms with Crippen LogP contribution in [0, 0.1) is 0 Å². The molecule has 7 nitrogen and oxygen atoms in total. The lowest BCUT2D eigenvalue weighted by atomic mass is 10.2. The highest BCUT2D eigenvalue weighted by Crippen LogP contribution is 2.15. The molecule has 0 aliphatic carbocycles. The highest BCUT2D eigenvalue weighted by molar-refractivity contribution is 6.17. The number of carbonyl (C=O) groups is 4. The minimum atomic E-state index is -0.786. The van der Waals surface area contributed by atoms with Crippen molar-refractivity contribution in [2.45, 2.75) is 19.8 Å². The number of rotatable bonds is 3. The Labute approximate surface area is 120 Å². The summed E-state index contributed by atoms with van der Waals surface area (Å²) in [5.74, 6) is -1.48. The smallest absolute Gasteiger partial charge is 0.338 e. The molecule has 1 aromatic rings. The van der Waals surface area contributed by atoms with E-state index in [9.17, 15) is 19.2 Å². The molecular formula is C14H14N2O5. The second-order valence-corrected chi connectivity index (χ2v) is 4.35. The Balaban J connectivity index is 2.03. The van der Waals surface area contributed by atoms with Gasteiger partial charge in [-0.2, -0.15) is 0 Å². The van der Waals surface area contributed by atoms with E-state index >= 15 is 0 Å². The van der Waals surface area contributed by atoms with Crippen molar-refractivity contribution in [1.29, 1.82) is 0 Å². The highest BCUT2D eigenvalue weighted by Gasteiger charge is 2.34. The predicted molar refractivity (Wildman–Crippen MR) is 72.5 cm³/mol. The van der Waals surface area contributed by atoms with Crippen LogP contribution in [0.3, 0.4) is 0 Å². The zero-order valence-electron chi connectivity index (χ0n) is 11.4. The fourth-order valence-electron chi connectivity index (χ4n) is 1.89. The SMILES string of the molecule is CCOC(=O)c1ccc(NC(=O)N2C(=O)CCC2=O)cc1. The minimum absolute atomic E-state index is 0.0497. The normalized spacial score (nSPS) is 14.2. The summed E-state index contributed by atoms with van der Waals surface area (Å²) in [7, 11) is 0. The van der Waals surface area contributed by atoms with Crippen molar-refractivity contribution in [3.05, 3.63) is 29.8 Å². The van der Waals surface area contributed by atoms with Crippen LogP contribution in [0.25, 0.3) is 0 Å². The summed E-state index contributed by atoms with van der Waals surface area (Å²) in [5.41, 5.74) is 0.726. The number of hydrogen-bond acceptors (Lipinski definition) is 5. The third-order valence-corrected chi connectivity index (χ3v) is 2.90. The van der Waals surface area contributed by atoms with Gasteiger partial charge in [-0.25, -0.2) is 14.5 Å². The maximum Gasteiger partial charge on any atom is 0.338 e. The number of benzene rings is 1. The van der Waals surface area contributed by atoms with E-state index in [1.165, 1.54) is 24.3 Å². The Morgan fingerprint density at radius 2 is 1.71 bits per heavy atom. The maximum atomic E-state index is 11.8. The Kier molecular flexibility index (Phi) is 4.32. The molecule has 1 N–H and O–H groups in total. The topological polar surface area (TPSA) is 92.8 Å². The van der Waals surface area contributed by atoms with Crippen LogP contribution in [0.1, 0.15) is 30.1 Å². The molecule has 1 saturated heterocycles. The molecule has 0 unspecified atom stereocenters. The van der Waals surface area contributed by atoms with Crippen LogP contribution in [-0.2, 0) is 14.3 Å². The molecule has 0 saturated carbocycles. The molecule has 0 spiro atoms. The third-order valence-electron chi connectivity index (χ3n) is 2.90. The second kappa shape index (κ2) is 6.17. The Morgan fingerprint density at radius 1 is 1.14 bits per heavy atom. The number of urea groups is 1. The van der Waals surface area contributed by atoms with E-state index in [-0.39, 0.29) is 19.4 Å². The molecule has 21 heavy (non-hydrogen) atoms. The van der Waals surface area contributed by atoms with Gasteiger partial charge in [0.25, 0.3) is 0 Å². The number of nitrogens with zero attached hydrogens (tertiary/aromatic N) is 1. The Hall–Kier alpha value is -2.70. The largest absolute Gasteiger partial charge is 0.462 e. The van der Waals surface area contributed by atoms with Gasteiger partial charge in [-0.3, -0.25) is 9.59 Å². The third kappa shape index (κ3) is 3.25. The van der Waals surface area contributed by atoms with Crippen LogP contribution in [0.2, 0.25) is 0 Å². The van der Waals surface area contributed by atoms with E-state index in [0.29, 0.717) is 16.2 Å². The monoisotopic (exact) mass is 290 g/mol. The lowest BCUT2D eigenvalue weighted by molar-refractivity contribution is -0.134. The van der Waals surface area contributed by atoms with Crippen molar-refractivity contribution in [3.63, 3.8) is 0 Å². The van der Waals surface area contributed by atoms with Crippen LogP contribution < -0.4 is 5.32 Å². The fourth-order valence-corrected chi connectivity index (χ4v) is 1.89. The summed E-state index contributed by atoms with van der Waals surface area (Å²) in [6, 6.07) is 5.18. The molecule has 0 radical (unpaired) electrons. The lowest BCUT2D eigenvalue weighted by Gasteiger charge is -2.13. The number of hydrogen-bond donors (Lipinski definition) is 1. The van der Waals surface area contributed by atoms with Crippen LogP contribution >= 0.6 is 0 Å². The summed E-state index contributed by atoms with van der Waals surface area (Å²) in [6.07, 6.45) is 0.0993. The van der Waals surface area contributed by atoms with Gasteiger partial charge in [-0.15, -0.1) is 0 Å². The van der Waals surface area contributed by atoms with E-state index in [0.717, 1.165) is 0 Å². The van der Waals surface area contributed by atoms with Gasteiger partial charge in [-0.1, -0.05) is 0 Å². The van der Waals surface area contributed by atoms with Crippen molar-refractivity contribution in [2.75, 3.05) is 11.9 Å². The summed E-state index contributed by atoms with van der Waals surface area (Å²) >= 11 is 0. The van der Waals surface area contributed by atoms with Crippen molar-refractivity contribution in [1.82, 2.24) is 4.90 Å². The summed E-state index contributed by atoms with van der Waals surface area (Å²) in [5, 5.41) is 2.44. The first-order chi connectivity index (χ1) is 10.0. The molecule has 1 aliphatic rings. The van der Waals surface area contributed by atoms with Gasteiger partial charge in [0, 0.05) is 18.5 Å². The zero-order chi connectivity index (χ0) is 15.4. The van der Waals surface area contributed by atoms with Crippen LogP contribution in [0.4, 0.5) is 10.5 Å². The number of amides is 4. The molecule has 1 aliphatic heterocycles. The van der Waals surface area contributed by atoms with E-state index in [1.54, 1.807) is 6.92 Å². The van der Waals surface area contributed by atoms with Gasteiger partial charge in [-0.05, 0) is 31.2 Å². The molecule has 0 bridgehead atoms. The number of carbonyl (C=O) groups excluding carboxylic acids is 4. The quantitative estimate of drug-likeness (QED) is 0.673. The number of anilines is 1. The highest BCUT2D eigenvalue weighted by atomic mass is 16.5. The minimum Gasteiger partial charge on any atom is -0.462 e. The van der Waals surface area contributed by atoms with Crippen molar-refractivity contribution < 1.29 is 23.9 Å². The molecule has 110 valence electrons. The molecule has 0 aromatic heterocycles. The number of esters is 1. The summed E-state index contributed by atoms with van der Waals surface area (Å²) < 4.78 is 4.83. The molecule has 2 rings (SSSR count). The first-order valence-corrected chi connectivity index (χ1v) is 6.47. The number of ether oxygens (including phenoxy) is 1. The van der Waals surface area contributed by atoms with Crippen molar-refractivity contribution in [2.24, 2.45) is 0 Å². The van der Waals surface area contributed by atoms with E-state index in [1.807, 2.05) is 0 Å². The molecule has 7 heteroatoms. The number of nitrogens with one attached hydrogen (secondary N) is 1. The zero-order valence-corrected chi connectivity index (χ0v) is 11.4. The average molecular weight is 290 g/mol. The second-order valence-electron chi connectivity index (χ2n) is 4.35. The Bertz CT molecular complexity index is 578. The molecule has 1 fully saturated rings. The van der Waals surface area contributed by atoms with Gasteiger partial charge in [0.05, 0.1) is 12.2 Å². The van der Waals surface area contributed by atoms with E-state index in [2.05, 4.69) is 5.32 Å². The predicted octanol–water partition coefficient (Wildman–Crippen LogP) is 1.54. The van der Waals surface area contributed by atoms with E-state index in [4.69, 9.17) is 4.74 Å². The standard InChI is InChI=1S/C14H14N2O5/c1-2-21-13(19)9-3-5-10(6-4-9)15-14(20)16-11(17)7-8-12(16)18/h3-6H,2,7-8H2,1H3,(H,15,20). The number of likely N-dealkylation sites (tertiary alicyclic amines) is 1. The number of imide groups is 3. The van der Waals surface area contributed by atoms with Crippen LogP contribution in [0.15, 0.2) is 24.3 Å². The van der Waals surface area contributed by atoms with Gasteiger partial charge < -0.3 is 10.1 Å². The van der Waals surface area contributed by atoms with Crippen LogP contribution in [-0.4, -0.2) is 35.3 Å². The fraction of sp³-hybridized carbons (Fsp3) is 0.286. The maximum absolute atomic E-state index is 11.8. The van der Waals surface area contributed by atoms with Crippen LogP contribution in [0.5, 0.6) is 0 Å². The van der Waals surface area contributed by atoms with Gasteiger partial charge in [0.15, 0.2) is 0 Å². The molecule has 1 aromatic carbocycles. The summed E-state index contributed by atoms with van der Waals surface area (Å²) in [6.45, 7) is 1.98. The van der Waals surface area contributed by atoms with Gasteiger partial charge >= 0.3 is 12.0 Å². The summed E-state index contributed by atoms with van der Waals surface area (Å²) in [4.78, 5) is 46.7. The van der Waals surface area contributed by atoms with Crippen molar-refractivity contribution in [3.8, 4) is 0 Å². The first kappa shape index (κ1) is 14.7. The molecule has 4 amide bonds. The molecule has 1 heterocycles. The lowest BCUT2D eigenvalue weighted by Crippen LogP contribution is -2.38.